The highest BCUT2D eigenvalue weighted by molar-refractivity contribution is 6.38. The summed E-state index contributed by atoms with van der Waals surface area (Å²) in [6.45, 7) is 1.63. The van der Waals surface area contributed by atoms with Crippen molar-refractivity contribution in [2.75, 3.05) is 32.6 Å². The molecule has 0 fully saturated rings. The molecule has 9 nitrogen and oxygen atoms in total. The first-order chi connectivity index (χ1) is 20.6. The standard InChI is InChI=1S/C32H30Cl2N4O5.ClH/c1-19-16-27(42-4)22-6-5-7-26(31(22)37-19)43-18-23-24(33)13-14-25(30(23)34)38(3)29(40)17-36-28(39)15-10-20-8-11-21(12-9-20)32(41)35-2;/h5-16H,17-18H2,1-4H3,(H,35,41)(H,36,39);1H/b15-10+;. The molecule has 0 radical (unpaired) electrons. The molecule has 4 rings (SSSR count). The van der Waals surface area contributed by atoms with Crippen LogP contribution in [-0.2, 0) is 16.2 Å². The first kappa shape index (κ1) is 34.2. The molecule has 230 valence electrons. The van der Waals surface area contributed by atoms with E-state index < -0.39 is 11.8 Å². The maximum atomic E-state index is 12.9. The molecule has 0 spiro atoms. The van der Waals surface area contributed by atoms with Crippen LogP contribution in [0.2, 0.25) is 10.0 Å². The number of aryl methyl sites for hydroxylation is 1. The second-order valence-corrected chi connectivity index (χ2v) is 10.3. The second-order valence-electron chi connectivity index (χ2n) is 9.47. The summed E-state index contributed by atoms with van der Waals surface area (Å²) in [5.74, 6) is 0.164. The number of fused-ring (bicyclic) bond motifs is 1. The summed E-state index contributed by atoms with van der Waals surface area (Å²) in [7, 11) is 4.71. The van der Waals surface area contributed by atoms with Crippen LogP contribution in [0.1, 0.15) is 27.2 Å². The van der Waals surface area contributed by atoms with Gasteiger partial charge in [-0.1, -0.05) is 41.4 Å². The number of nitrogens with zero attached hydrogens (tertiary/aromatic N) is 2. The molecule has 1 aromatic heterocycles. The fourth-order valence-electron chi connectivity index (χ4n) is 4.26. The largest absolute Gasteiger partial charge is 0.496 e. The monoisotopic (exact) mass is 656 g/mol. The van der Waals surface area contributed by atoms with Gasteiger partial charge < -0.3 is 25.0 Å². The molecule has 0 saturated heterocycles. The molecule has 12 heteroatoms. The third-order valence-electron chi connectivity index (χ3n) is 6.63. The number of carbonyl (C=O) groups is 3. The summed E-state index contributed by atoms with van der Waals surface area (Å²) in [5, 5.41) is 6.54. The molecule has 0 aliphatic rings. The average Bonchev–Trinajstić information content (AvgIpc) is 3.01. The molecular formula is C32H31Cl3N4O5. The Morgan fingerprint density at radius 1 is 1.02 bits per heavy atom. The predicted octanol–water partition coefficient (Wildman–Crippen LogP) is 6.01. The number of aromatic nitrogens is 1. The van der Waals surface area contributed by atoms with E-state index in [2.05, 4.69) is 15.6 Å². The van der Waals surface area contributed by atoms with Gasteiger partial charge in [0.25, 0.3) is 5.91 Å². The number of anilines is 1. The number of amides is 3. The third-order valence-corrected chi connectivity index (χ3v) is 7.40. The highest BCUT2D eigenvalue weighted by Gasteiger charge is 2.19. The normalized spacial score (nSPS) is 10.7. The van der Waals surface area contributed by atoms with Crippen LogP contribution in [-0.4, -0.2) is 50.5 Å². The van der Waals surface area contributed by atoms with Gasteiger partial charge in [-0.15, -0.1) is 12.4 Å². The summed E-state index contributed by atoms with van der Waals surface area (Å²) >= 11 is 13.2. The molecule has 3 amide bonds. The molecule has 3 aromatic carbocycles. The first-order valence-electron chi connectivity index (χ1n) is 13.2. The van der Waals surface area contributed by atoms with Crippen LogP contribution in [0.25, 0.3) is 17.0 Å². The van der Waals surface area contributed by atoms with E-state index >= 15 is 0 Å². The predicted molar refractivity (Wildman–Crippen MR) is 176 cm³/mol. The highest BCUT2D eigenvalue weighted by atomic mass is 35.5. The quantitative estimate of drug-likeness (QED) is 0.202. The van der Waals surface area contributed by atoms with Crippen molar-refractivity contribution in [3.05, 3.63) is 99.2 Å². The van der Waals surface area contributed by atoms with Crippen molar-refractivity contribution in [1.82, 2.24) is 15.6 Å². The Hall–Kier alpha value is -4.31. The van der Waals surface area contributed by atoms with E-state index in [-0.39, 0.29) is 36.5 Å². The van der Waals surface area contributed by atoms with Gasteiger partial charge in [0.05, 0.1) is 24.4 Å². The molecule has 44 heavy (non-hydrogen) atoms. The van der Waals surface area contributed by atoms with E-state index in [1.54, 1.807) is 69.7 Å². The zero-order chi connectivity index (χ0) is 31.1. The number of halogens is 3. The number of rotatable bonds is 10. The van der Waals surface area contributed by atoms with Gasteiger partial charge in [0.1, 0.15) is 23.6 Å². The van der Waals surface area contributed by atoms with Crippen molar-refractivity contribution < 1.29 is 23.9 Å². The Morgan fingerprint density at radius 3 is 2.43 bits per heavy atom. The van der Waals surface area contributed by atoms with Gasteiger partial charge in [0.15, 0.2) is 0 Å². The zero-order valence-corrected chi connectivity index (χ0v) is 26.8. The molecule has 0 saturated carbocycles. The molecule has 1 heterocycles. The van der Waals surface area contributed by atoms with Gasteiger partial charge in [-0.05, 0) is 55.0 Å². The van der Waals surface area contributed by atoms with Crippen LogP contribution in [0.3, 0.4) is 0 Å². The molecule has 0 bridgehead atoms. The van der Waals surface area contributed by atoms with E-state index in [4.69, 9.17) is 32.7 Å². The lowest BCUT2D eigenvalue weighted by molar-refractivity contribution is -0.122. The van der Waals surface area contributed by atoms with Crippen molar-refractivity contribution in [2.24, 2.45) is 0 Å². The Bertz CT molecular complexity index is 1710. The Balaban J connectivity index is 0.00000529. The summed E-state index contributed by atoms with van der Waals surface area (Å²) in [6.07, 6.45) is 2.90. The lowest BCUT2D eigenvalue weighted by atomic mass is 10.1. The van der Waals surface area contributed by atoms with Crippen molar-refractivity contribution in [1.29, 1.82) is 0 Å². The van der Waals surface area contributed by atoms with Crippen molar-refractivity contribution in [3.8, 4) is 11.5 Å². The van der Waals surface area contributed by atoms with Gasteiger partial charge in [0, 0.05) is 53.5 Å². The van der Waals surface area contributed by atoms with Crippen LogP contribution in [0.5, 0.6) is 11.5 Å². The summed E-state index contributed by atoms with van der Waals surface area (Å²) in [5.41, 5.74) is 3.55. The van der Waals surface area contributed by atoms with Crippen LogP contribution in [0.4, 0.5) is 5.69 Å². The lowest BCUT2D eigenvalue weighted by Gasteiger charge is -2.21. The number of carbonyl (C=O) groups excluding carboxylic acids is 3. The number of para-hydroxylation sites is 1. The average molecular weight is 658 g/mol. The van der Waals surface area contributed by atoms with E-state index in [1.807, 2.05) is 25.1 Å². The number of nitrogens with one attached hydrogen (secondary N) is 2. The molecular weight excluding hydrogens is 627 g/mol. The molecule has 0 atom stereocenters. The minimum Gasteiger partial charge on any atom is -0.496 e. The molecule has 0 unspecified atom stereocenters. The van der Waals surface area contributed by atoms with Crippen LogP contribution < -0.4 is 25.0 Å². The van der Waals surface area contributed by atoms with E-state index in [1.165, 1.54) is 11.0 Å². The maximum absolute atomic E-state index is 12.9. The number of pyridine rings is 1. The number of methoxy groups -OCH3 is 1. The van der Waals surface area contributed by atoms with Gasteiger partial charge in [-0.25, -0.2) is 4.98 Å². The van der Waals surface area contributed by atoms with Gasteiger partial charge >= 0.3 is 0 Å². The Labute approximate surface area is 271 Å². The van der Waals surface area contributed by atoms with Gasteiger partial charge in [-0.2, -0.15) is 0 Å². The van der Waals surface area contributed by atoms with Crippen LogP contribution in [0.15, 0.2) is 66.7 Å². The van der Waals surface area contributed by atoms with Crippen LogP contribution in [0, 0.1) is 6.92 Å². The number of ether oxygens (including phenoxy) is 2. The Morgan fingerprint density at radius 2 is 1.75 bits per heavy atom. The number of benzene rings is 3. The first-order valence-corrected chi connectivity index (χ1v) is 14.0. The smallest absolute Gasteiger partial charge is 0.251 e. The minimum atomic E-state index is -0.455. The third kappa shape index (κ3) is 7.99. The summed E-state index contributed by atoms with van der Waals surface area (Å²) in [4.78, 5) is 42.9. The van der Waals surface area contributed by atoms with E-state index in [0.29, 0.717) is 38.9 Å². The topological polar surface area (TPSA) is 110 Å². The van der Waals surface area contributed by atoms with Gasteiger partial charge in [-0.3, -0.25) is 14.4 Å². The second kappa shape index (κ2) is 15.4. The van der Waals surface area contributed by atoms with Crippen molar-refractivity contribution in [2.45, 2.75) is 13.5 Å². The SMILES string of the molecule is CNC(=O)c1ccc(/C=C/C(=O)NCC(=O)N(C)c2ccc(Cl)c(COc3cccc4c(OC)cc(C)nc34)c2Cl)cc1.Cl. The Kier molecular flexibility index (Phi) is 12.0. The lowest BCUT2D eigenvalue weighted by Crippen LogP contribution is -2.37. The van der Waals surface area contributed by atoms with Crippen molar-refractivity contribution >= 4 is 76.0 Å². The number of hydrogen-bond acceptors (Lipinski definition) is 6. The molecule has 0 aliphatic carbocycles. The summed E-state index contributed by atoms with van der Waals surface area (Å²) in [6, 6.07) is 17.4. The summed E-state index contributed by atoms with van der Waals surface area (Å²) < 4.78 is 11.6. The zero-order valence-electron chi connectivity index (χ0n) is 24.4. The van der Waals surface area contributed by atoms with E-state index in [0.717, 1.165) is 16.6 Å². The molecule has 0 aliphatic heterocycles. The fraction of sp³-hybridized carbons (Fsp3) is 0.188. The number of hydrogen-bond donors (Lipinski definition) is 2. The van der Waals surface area contributed by atoms with Crippen LogP contribution >= 0.6 is 35.6 Å². The maximum Gasteiger partial charge on any atom is 0.251 e. The molecule has 2 N–H and O–H groups in total. The minimum absolute atomic E-state index is 0. The number of likely N-dealkylation sites (N-methyl/N-ethyl adjacent to an activating group) is 1. The van der Waals surface area contributed by atoms with Crippen molar-refractivity contribution in [3.63, 3.8) is 0 Å². The highest BCUT2D eigenvalue weighted by Crippen LogP contribution is 2.36. The fourth-order valence-corrected chi connectivity index (χ4v) is 4.87. The van der Waals surface area contributed by atoms with E-state index in [9.17, 15) is 14.4 Å². The molecule has 4 aromatic rings. The van der Waals surface area contributed by atoms with Gasteiger partial charge in [0.2, 0.25) is 11.8 Å².